The van der Waals surface area contributed by atoms with E-state index in [1.807, 2.05) is 25.1 Å². The topological polar surface area (TPSA) is 80.3 Å². The molecule has 0 aliphatic rings. The molecule has 0 saturated carbocycles. The molecule has 0 radical (unpaired) electrons. The van der Waals surface area contributed by atoms with Crippen molar-refractivity contribution in [3.8, 4) is 17.0 Å². The van der Waals surface area contributed by atoms with E-state index in [4.69, 9.17) is 4.74 Å². The molecule has 0 bridgehead atoms. The fraction of sp³-hybridized carbons (Fsp3) is 0.190. The van der Waals surface area contributed by atoms with Crippen LogP contribution in [0, 0.1) is 12.7 Å². The number of thiazole rings is 1. The largest absolute Gasteiger partial charge is 0.496 e. The molecule has 0 spiro atoms. The molecule has 0 fully saturated rings. The van der Waals surface area contributed by atoms with Gasteiger partial charge in [0.25, 0.3) is 0 Å². The molecule has 0 unspecified atom stereocenters. The third kappa shape index (κ3) is 5.17. The zero-order valence-corrected chi connectivity index (χ0v) is 17.0. The quantitative estimate of drug-likeness (QED) is 0.627. The van der Waals surface area contributed by atoms with Gasteiger partial charge in [0.15, 0.2) is 5.13 Å². The third-order valence-electron chi connectivity index (χ3n) is 4.10. The number of aryl methyl sites for hydroxylation is 1. The lowest BCUT2D eigenvalue weighted by Crippen LogP contribution is -2.15. The Labute approximate surface area is 171 Å². The second-order valence-electron chi connectivity index (χ2n) is 6.45. The Kier molecular flexibility index (Phi) is 6.23. The number of rotatable bonds is 6. The Morgan fingerprint density at radius 3 is 2.66 bits per heavy atom. The lowest BCUT2D eigenvalue weighted by atomic mass is 10.1. The van der Waals surface area contributed by atoms with Crippen molar-refractivity contribution in [1.29, 1.82) is 0 Å². The zero-order valence-electron chi connectivity index (χ0n) is 16.2. The van der Waals surface area contributed by atoms with Crippen LogP contribution in [0.1, 0.15) is 18.1 Å². The molecule has 0 atom stereocenters. The molecule has 1 heterocycles. The minimum Gasteiger partial charge on any atom is -0.496 e. The first kappa shape index (κ1) is 20.5. The van der Waals surface area contributed by atoms with E-state index in [0.717, 1.165) is 11.1 Å². The van der Waals surface area contributed by atoms with Crippen LogP contribution in [-0.4, -0.2) is 23.9 Å². The monoisotopic (exact) mass is 413 g/mol. The highest BCUT2D eigenvalue weighted by atomic mass is 32.1. The first-order chi connectivity index (χ1) is 13.9. The van der Waals surface area contributed by atoms with Crippen molar-refractivity contribution < 1.29 is 18.7 Å². The van der Waals surface area contributed by atoms with Crippen molar-refractivity contribution in [2.24, 2.45) is 0 Å². The number of carbonyl (C=O) groups excluding carboxylic acids is 2. The van der Waals surface area contributed by atoms with Crippen LogP contribution in [0.25, 0.3) is 11.3 Å². The maximum absolute atomic E-state index is 14.4. The van der Waals surface area contributed by atoms with E-state index in [1.54, 1.807) is 24.6 Å². The molecule has 6 nitrogen and oxygen atoms in total. The van der Waals surface area contributed by atoms with Gasteiger partial charge in [-0.15, -0.1) is 11.3 Å². The van der Waals surface area contributed by atoms with Crippen LogP contribution in [0.15, 0.2) is 41.8 Å². The first-order valence-corrected chi connectivity index (χ1v) is 9.70. The van der Waals surface area contributed by atoms with Gasteiger partial charge in [0.2, 0.25) is 11.8 Å². The van der Waals surface area contributed by atoms with E-state index < -0.39 is 5.82 Å². The molecule has 0 aliphatic carbocycles. The second-order valence-corrected chi connectivity index (χ2v) is 7.31. The molecule has 0 saturated heterocycles. The van der Waals surface area contributed by atoms with E-state index in [9.17, 15) is 14.0 Å². The average molecular weight is 413 g/mol. The van der Waals surface area contributed by atoms with Crippen molar-refractivity contribution in [1.82, 2.24) is 4.98 Å². The van der Waals surface area contributed by atoms with E-state index in [2.05, 4.69) is 15.6 Å². The van der Waals surface area contributed by atoms with Gasteiger partial charge in [-0.05, 0) is 31.2 Å². The highest BCUT2D eigenvalue weighted by Crippen LogP contribution is 2.29. The van der Waals surface area contributed by atoms with Crippen LogP contribution in [0.2, 0.25) is 0 Å². The van der Waals surface area contributed by atoms with Gasteiger partial charge in [0, 0.05) is 29.1 Å². The number of halogens is 1. The predicted molar refractivity (Wildman–Crippen MR) is 112 cm³/mol. The molecule has 2 N–H and O–H groups in total. The Morgan fingerprint density at radius 1 is 1.17 bits per heavy atom. The number of methoxy groups -OCH3 is 1. The summed E-state index contributed by atoms with van der Waals surface area (Å²) in [5.74, 6) is -0.381. The number of ether oxygens (including phenoxy) is 1. The van der Waals surface area contributed by atoms with Crippen LogP contribution in [0.4, 0.5) is 15.2 Å². The number of nitrogens with one attached hydrogen (secondary N) is 2. The molecule has 8 heteroatoms. The lowest BCUT2D eigenvalue weighted by molar-refractivity contribution is -0.116. The standard InChI is InChI=1S/C21H20FN3O3S/c1-12-4-7-19(28-3)14(8-12)9-20(27)25-21-24-18(11-29-21)16-6-5-15(10-17(16)22)23-13(2)26/h4-8,10-11H,9H2,1-3H3,(H,23,26)(H,24,25,27). The van der Waals surface area contributed by atoms with Gasteiger partial charge in [-0.2, -0.15) is 0 Å². The van der Waals surface area contributed by atoms with Crippen molar-refractivity contribution >= 4 is 34.0 Å². The van der Waals surface area contributed by atoms with Crippen LogP contribution >= 0.6 is 11.3 Å². The summed E-state index contributed by atoms with van der Waals surface area (Å²) >= 11 is 1.21. The predicted octanol–water partition coefficient (Wildman–Crippen LogP) is 4.41. The second kappa shape index (κ2) is 8.83. The van der Waals surface area contributed by atoms with Crippen LogP contribution in [0.3, 0.4) is 0 Å². The van der Waals surface area contributed by atoms with Gasteiger partial charge < -0.3 is 15.4 Å². The molecule has 29 heavy (non-hydrogen) atoms. The molecule has 2 aromatic carbocycles. The summed E-state index contributed by atoms with van der Waals surface area (Å²) < 4.78 is 19.7. The van der Waals surface area contributed by atoms with E-state index in [0.29, 0.717) is 22.3 Å². The number of hydrogen-bond acceptors (Lipinski definition) is 5. The zero-order chi connectivity index (χ0) is 21.0. The molecule has 3 aromatic rings. The number of aromatic nitrogens is 1. The Morgan fingerprint density at radius 2 is 1.97 bits per heavy atom. The van der Waals surface area contributed by atoms with Crippen LogP contribution in [0.5, 0.6) is 5.75 Å². The number of anilines is 2. The fourth-order valence-corrected chi connectivity index (χ4v) is 3.57. The maximum atomic E-state index is 14.4. The minimum absolute atomic E-state index is 0.138. The van der Waals surface area contributed by atoms with E-state index in [1.165, 1.54) is 24.3 Å². The average Bonchev–Trinajstić information content (AvgIpc) is 3.09. The van der Waals surface area contributed by atoms with Gasteiger partial charge in [-0.25, -0.2) is 9.37 Å². The van der Waals surface area contributed by atoms with Gasteiger partial charge >= 0.3 is 0 Å². The maximum Gasteiger partial charge on any atom is 0.230 e. The van der Waals surface area contributed by atoms with E-state index in [-0.39, 0.29) is 23.8 Å². The van der Waals surface area contributed by atoms with Crippen molar-refractivity contribution in [3.05, 3.63) is 58.7 Å². The number of nitrogens with zero attached hydrogens (tertiary/aromatic N) is 1. The first-order valence-electron chi connectivity index (χ1n) is 8.82. The molecule has 3 rings (SSSR count). The molecule has 0 aliphatic heterocycles. The summed E-state index contributed by atoms with van der Waals surface area (Å²) in [6.07, 6.45) is 0.138. The van der Waals surface area contributed by atoms with Gasteiger partial charge in [0.05, 0.1) is 19.2 Å². The number of amides is 2. The summed E-state index contributed by atoms with van der Waals surface area (Å²) in [4.78, 5) is 27.8. The highest BCUT2D eigenvalue weighted by molar-refractivity contribution is 7.14. The fourth-order valence-electron chi connectivity index (χ4n) is 2.84. The highest BCUT2D eigenvalue weighted by Gasteiger charge is 2.14. The Balaban J connectivity index is 1.71. The van der Waals surface area contributed by atoms with Gasteiger partial charge in [-0.1, -0.05) is 17.7 Å². The number of carbonyl (C=O) groups is 2. The van der Waals surface area contributed by atoms with Crippen molar-refractivity contribution in [2.45, 2.75) is 20.3 Å². The van der Waals surface area contributed by atoms with Crippen LogP contribution in [-0.2, 0) is 16.0 Å². The Hall–Kier alpha value is -3.26. The van der Waals surface area contributed by atoms with Gasteiger partial charge in [-0.3, -0.25) is 9.59 Å². The summed E-state index contributed by atoms with van der Waals surface area (Å²) in [7, 11) is 1.56. The molecular formula is C21H20FN3O3S. The lowest BCUT2D eigenvalue weighted by Gasteiger charge is -2.09. The number of benzene rings is 2. The SMILES string of the molecule is COc1ccc(C)cc1CC(=O)Nc1nc(-c2ccc(NC(C)=O)cc2F)cs1. The molecule has 1 aromatic heterocycles. The normalized spacial score (nSPS) is 10.5. The molecule has 150 valence electrons. The molecule has 2 amide bonds. The number of hydrogen-bond donors (Lipinski definition) is 2. The molecular weight excluding hydrogens is 393 g/mol. The third-order valence-corrected chi connectivity index (χ3v) is 4.86. The summed E-state index contributed by atoms with van der Waals surface area (Å²) in [6, 6.07) is 10.0. The van der Waals surface area contributed by atoms with E-state index >= 15 is 0 Å². The van der Waals surface area contributed by atoms with Crippen molar-refractivity contribution in [2.75, 3.05) is 17.7 Å². The Bertz CT molecular complexity index is 1070. The summed E-state index contributed by atoms with van der Waals surface area (Å²) in [5.41, 5.74) is 2.88. The van der Waals surface area contributed by atoms with Crippen LogP contribution < -0.4 is 15.4 Å². The van der Waals surface area contributed by atoms with Gasteiger partial charge in [0.1, 0.15) is 11.6 Å². The smallest absolute Gasteiger partial charge is 0.230 e. The summed E-state index contributed by atoms with van der Waals surface area (Å²) in [6.45, 7) is 3.30. The summed E-state index contributed by atoms with van der Waals surface area (Å²) in [5, 5.41) is 7.31. The minimum atomic E-state index is -0.510. The van der Waals surface area contributed by atoms with Crippen molar-refractivity contribution in [3.63, 3.8) is 0 Å².